The average molecular weight is 330 g/mol. The summed E-state index contributed by atoms with van der Waals surface area (Å²) in [5, 5.41) is 14.5. The Morgan fingerprint density at radius 3 is 2.78 bits per heavy atom. The van der Waals surface area contributed by atoms with Crippen molar-refractivity contribution in [2.24, 2.45) is 5.92 Å². The number of carboxylic acid groups (broad SMARTS) is 1. The number of aromatic nitrogens is 1. The van der Waals surface area contributed by atoms with Crippen molar-refractivity contribution < 1.29 is 14.7 Å². The summed E-state index contributed by atoms with van der Waals surface area (Å²) in [7, 11) is 0. The highest BCUT2D eigenvalue weighted by molar-refractivity contribution is 7.13. The van der Waals surface area contributed by atoms with Gasteiger partial charge in [-0.25, -0.2) is 4.98 Å². The van der Waals surface area contributed by atoms with E-state index in [0.29, 0.717) is 25.0 Å². The van der Waals surface area contributed by atoms with Gasteiger partial charge in [0, 0.05) is 17.0 Å². The van der Waals surface area contributed by atoms with Gasteiger partial charge in [-0.3, -0.25) is 9.59 Å². The van der Waals surface area contributed by atoms with Crippen molar-refractivity contribution in [3.8, 4) is 10.6 Å². The number of aliphatic carboxylic acids is 1. The van der Waals surface area contributed by atoms with Crippen LogP contribution in [0.3, 0.4) is 0 Å². The van der Waals surface area contributed by atoms with Gasteiger partial charge >= 0.3 is 5.97 Å². The summed E-state index contributed by atoms with van der Waals surface area (Å²) in [6.07, 6.45) is 1.82. The molecule has 2 N–H and O–H groups in total. The van der Waals surface area contributed by atoms with Crippen LogP contribution in [0.1, 0.15) is 35.3 Å². The highest BCUT2D eigenvalue weighted by Crippen LogP contribution is 2.28. The van der Waals surface area contributed by atoms with Crippen molar-refractivity contribution in [3.05, 3.63) is 40.9 Å². The second-order valence-corrected chi connectivity index (χ2v) is 6.73. The molecule has 5 nitrogen and oxygen atoms in total. The van der Waals surface area contributed by atoms with E-state index < -0.39 is 5.97 Å². The first-order chi connectivity index (χ1) is 11.0. The molecule has 0 radical (unpaired) electrons. The first-order valence-electron chi connectivity index (χ1n) is 7.60. The zero-order valence-electron chi connectivity index (χ0n) is 12.8. The van der Waals surface area contributed by atoms with Crippen LogP contribution in [0.25, 0.3) is 10.6 Å². The molecule has 0 unspecified atom stereocenters. The quantitative estimate of drug-likeness (QED) is 0.903. The van der Waals surface area contributed by atoms with Gasteiger partial charge in [0.05, 0.1) is 5.92 Å². The van der Waals surface area contributed by atoms with Crippen LogP contribution in [-0.2, 0) is 4.79 Å². The van der Waals surface area contributed by atoms with Crippen molar-refractivity contribution in [1.82, 2.24) is 10.3 Å². The standard InChI is InChI=1S/C17H18N2O3S/c1-10-4-2-3-5-13(10)16-19-14(9-23-16)15(20)18-12-7-6-11(8-12)17(21)22/h2-5,9,11-12H,6-8H2,1H3,(H,18,20)(H,21,22)/t11-,12+/m1/s1. The van der Waals surface area contributed by atoms with Gasteiger partial charge in [0.15, 0.2) is 0 Å². The third kappa shape index (κ3) is 3.42. The van der Waals surface area contributed by atoms with Gasteiger partial charge in [-0.15, -0.1) is 11.3 Å². The predicted molar refractivity (Wildman–Crippen MR) is 88.5 cm³/mol. The fraction of sp³-hybridized carbons (Fsp3) is 0.353. The van der Waals surface area contributed by atoms with E-state index in [1.54, 1.807) is 5.38 Å². The van der Waals surface area contributed by atoms with Crippen LogP contribution in [0.2, 0.25) is 0 Å². The van der Waals surface area contributed by atoms with Crippen molar-refractivity contribution in [1.29, 1.82) is 0 Å². The first-order valence-corrected chi connectivity index (χ1v) is 8.47. The van der Waals surface area contributed by atoms with E-state index in [-0.39, 0.29) is 17.9 Å². The summed E-state index contributed by atoms with van der Waals surface area (Å²) in [4.78, 5) is 27.7. The minimum absolute atomic E-state index is 0.0767. The van der Waals surface area contributed by atoms with E-state index in [4.69, 9.17) is 5.11 Å². The summed E-state index contributed by atoms with van der Waals surface area (Å²) >= 11 is 1.44. The minimum Gasteiger partial charge on any atom is -0.481 e. The minimum atomic E-state index is -0.780. The Kier molecular flexibility index (Phi) is 4.43. The monoisotopic (exact) mass is 330 g/mol. The maximum Gasteiger partial charge on any atom is 0.306 e. The molecule has 2 atom stereocenters. The Labute approximate surface area is 138 Å². The van der Waals surface area contributed by atoms with Crippen molar-refractivity contribution in [3.63, 3.8) is 0 Å². The van der Waals surface area contributed by atoms with Crippen molar-refractivity contribution in [2.75, 3.05) is 0 Å². The summed E-state index contributed by atoms with van der Waals surface area (Å²) < 4.78 is 0. The Morgan fingerprint density at radius 2 is 2.09 bits per heavy atom. The summed E-state index contributed by atoms with van der Waals surface area (Å²) in [5.74, 6) is -1.35. The Balaban J connectivity index is 1.68. The number of carbonyl (C=O) groups excluding carboxylic acids is 1. The van der Waals surface area contributed by atoms with Crippen LogP contribution >= 0.6 is 11.3 Å². The smallest absolute Gasteiger partial charge is 0.306 e. The van der Waals surface area contributed by atoms with E-state index in [2.05, 4.69) is 10.3 Å². The normalized spacial score (nSPS) is 20.4. The largest absolute Gasteiger partial charge is 0.481 e. The maximum absolute atomic E-state index is 12.3. The second kappa shape index (κ2) is 6.50. The molecule has 1 saturated carbocycles. The van der Waals surface area contributed by atoms with Crippen LogP contribution < -0.4 is 5.32 Å². The highest BCUT2D eigenvalue weighted by atomic mass is 32.1. The molecule has 1 aliphatic carbocycles. The van der Waals surface area contributed by atoms with E-state index in [1.165, 1.54) is 11.3 Å². The molecule has 1 heterocycles. The van der Waals surface area contributed by atoms with Crippen LogP contribution in [0.5, 0.6) is 0 Å². The number of rotatable bonds is 4. The third-order valence-electron chi connectivity index (χ3n) is 4.23. The van der Waals surface area contributed by atoms with Gasteiger partial charge in [0.25, 0.3) is 5.91 Å². The molecule has 2 aromatic rings. The number of amides is 1. The van der Waals surface area contributed by atoms with E-state index in [9.17, 15) is 9.59 Å². The molecule has 0 saturated heterocycles. The lowest BCUT2D eigenvalue weighted by molar-refractivity contribution is -0.141. The summed E-state index contributed by atoms with van der Waals surface area (Å²) in [6, 6.07) is 7.85. The molecule has 1 aromatic heterocycles. The predicted octanol–water partition coefficient (Wildman–Crippen LogP) is 3.10. The lowest BCUT2D eigenvalue weighted by Crippen LogP contribution is -2.33. The van der Waals surface area contributed by atoms with Crippen LogP contribution in [-0.4, -0.2) is 28.0 Å². The number of thiazole rings is 1. The number of nitrogens with zero attached hydrogens (tertiary/aromatic N) is 1. The lowest BCUT2D eigenvalue weighted by Gasteiger charge is -2.11. The fourth-order valence-electron chi connectivity index (χ4n) is 2.91. The van der Waals surface area contributed by atoms with Gasteiger partial charge < -0.3 is 10.4 Å². The highest BCUT2D eigenvalue weighted by Gasteiger charge is 2.31. The molecule has 0 bridgehead atoms. The molecule has 3 rings (SSSR count). The number of carbonyl (C=O) groups is 2. The number of carboxylic acids is 1. The molecular weight excluding hydrogens is 312 g/mol. The molecule has 0 spiro atoms. The van der Waals surface area contributed by atoms with E-state index in [0.717, 1.165) is 16.1 Å². The van der Waals surface area contributed by atoms with Crippen LogP contribution in [0.15, 0.2) is 29.6 Å². The Hall–Kier alpha value is -2.21. The summed E-state index contributed by atoms with van der Waals surface area (Å²) in [5.41, 5.74) is 2.55. The lowest BCUT2D eigenvalue weighted by atomic mass is 10.1. The van der Waals surface area contributed by atoms with Crippen LogP contribution in [0, 0.1) is 12.8 Å². The number of benzene rings is 1. The van der Waals surface area contributed by atoms with Crippen molar-refractivity contribution in [2.45, 2.75) is 32.2 Å². The molecule has 1 aliphatic rings. The average Bonchev–Trinajstić information content (AvgIpc) is 3.16. The molecule has 23 heavy (non-hydrogen) atoms. The van der Waals surface area contributed by atoms with Crippen molar-refractivity contribution >= 4 is 23.2 Å². The third-order valence-corrected chi connectivity index (χ3v) is 5.10. The SMILES string of the molecule is Cc1ccccc1-c1nc(C(=O)N[C@H]2CC[C@@H](C(=O)O)C2)cs1. The second-order valence-electron chi connectivity index (χ2n) is 5.87. The van der Waals surface area contributed by atoms with E-state index in [1.807, 2.05) is 31.2 Å². The van der Waals surface area contributed by atoms with Crippen LogP contribution in [0.4, 0.5) is 0 Å². The zero-order chi connectivity index (χ0) is 16.4. The molecule has 120 valence electrons. The molecule has 1 aromatic carbocycles. The molecular formula is C17H18N2O3S. The van der Waals surface area contributed by atoms with Gasteiger partial charge in [-0.2, -0.15) is 0 Å². The topological polar surface area (TPSA) is 79.3 Å². The number of hydrogen-bond acceptors (Lipinski definition) is 4. The molecule has 6 heteroatoms. The van der Waals surface area contributed by atoms with Gasteiger partial charge in [-0.1, -0.05) is 24.3 Å². The molecule has 0 aliphatic heterocycles. The molecule has 1 fully saturated rings. The first kappa shape index (κ1) is 15.7. The fourth-order valence-corrected chi connectivity index (χ4v) is 3.80. The molecule has 1 amide bonds. The summed E-state index contributed by atoms with van der Waals surface area (Å²) in [6.45, 7) is 2.01. The van der Waals surface area contributed by atoms with Gasteiger partial charge in [0.2, 0.25) is 0 Å². The maximum atomic E-state index is 12.3. The number of nitrogens with one attached hydrogen (secondary N) is 1. The zero-order valence-corrected chi connectivity index (χ0v) is 13.6. The number of aryl methyl sites for hydroxylation is 1. The van der Waals surface area contributed by atoms with Gasteiger partial charge in [-0.05, 0) is 31.7 Å². The van der Waals surface area contributed by atoms with E-state index >= 15 is 0 Å². The Morgan fingerprint density at radius 1 is 1.30 bits per heavy atom. The van der Waals surface area contributed by atoms with Gasteiger partial charge in [0.1, 0.15) is 10.7 Å². The Bertz CT molecular complexity index is 741. The number of hydrogen-bond donors (Lipinski definition) is 2.